The van der Waals surface area contributed by atoms with Gasteiger partial charge in [0.25, 0.3) is 5.91 Å². The molecule has 0 unspecified atom stereocenters. The molecule has 2 aromatic heterocycles. The third-order valence-corrected chi connectivity index (χ3v) is 5.05. The van der Waals surface area contributed by atoms with Gasteiger partial charge in [-0.15, -0.1) is 0 Å². The van der Waals surface area contributed by atoms with E-state index in [1.54, 1.807) is 6.26 Å². The van der Waals surface area contributed by atoms with Crippen LogP contribution in [0.25, 0.3) is 0 Å². The second-order valence-electron chi connectivity index (χ2n) is 5.61. The molecule has 1 aliphatic rings. The van der Waals surface area contributed by atoms with Gasteiger partial charge < -0.3 is 4.42 Å². The predicted molar refractivity (Wildman–Crippen MR) is 98.0 cm³/mol. The van der Waals surface area contributed by atoms with Gasteiger partial charge in [0.1, 0.15) is 18.1 Å². The van der Waals surface area contributed by atoms with E-state index in [1.165, 1.54) is 23.1 Å². The molecule has 7 nitrogen and oxygen atoms in total. The number of rotatable bonds is 5. The number of thioether (sulfide) groups is 1. The molecule has 3 aromatic rings. The topological polar surface area (TPSA) is 87.4 Å². The van der Waals surface area contributed by atoms with E-state index in [9.17, 15) is 4.79 Å². The number of hydrogen-bond acceptors (Lipinski definition) is 6. The van der Waals surface area contributed by atoms with Crippen LogP contribution < -0.4 is 0 Å². The van der Waals surface area contributed by atoms with E-state index in [0.29, 0.717) is 22.4 Å². The summed E-state index contributed by atoms with van der Waals surface area (Å²) in [6, 6.07) is 10.8. The molecule has 0 saturated heterocycles. The quantitative estimate of drug-likeness (QED) is 0.677. The van der Waals surface area contributed by atoms with Crippen LogP contribution in [0.2, 0.25) is 5.02 Å². The Morgan fingerprint density at radius 1 is 1.35 bits per heavy atom. The number of aromatic amines is 1. The minimum Gasteiger partial charge on any atom is -0.467 e. The first-order valence-electron chi connectivity index (χ1n) is 7.88. The van der Waals surface area contributed by atoms with E-state index < -0.39 is 0 Å². The Bertz CT molecular complexity index is 909. The van der Waals surface area contributed by atoms with Crippen LogP contribution in [0.15, 0.2) is 63.7 Å². The Labute approximate surface area is 158 Å². The molecule has 1 amide bonds. The summed E-state index contributed by atoms with van der Waals surface area (Å²) < 4.78 is 5.53. The van der Waals surface area contributed by atoms with Crippen LogP contribution in [-0.2, 0) is 4.79 Å². The molecule has 132 valence electrons. The molecule has 0 aliphatic carbocycles. The number of benzene rings is 1. The Morgan fingerprint density at radius 2 is 2.19 bits per heavy atom. The van der Waals surface area contributed by atoms with Gasteiger partial charge in [0.15, 0.2) is 5.16 Å². The summed E-state index contributed by atoms with van der Waals surface area (Å²) in [6.45, 7) is 0. The Balaban J connectivity index is 1.57. The molecular formula is C17H14ClN5O2S. The van der Waals surface area contributed by atoms with Crippen molar-refractivity contribution in [3.8, 4) is 0 Å². The summed E-state index contributed by atoms with van der Waals surface area (Å²) >= 11 is 7.24. The molecule has 1 N–H and O–H groups in total. The highest BCUT2D eigenvalue weighted by Gasteiger charge is 2.34. The molecule has 0 radical (unpaired) electrons. The number of furan rings is 1. The van der Waals surface area contributed by atoms with Gasteiger partial charge in [0.2, 0.25) is 0 Å². The summed E-state index contributed by atoms with van der Waals surface area (Å²) in [5.74, 6) is 0.775. The van der Waals surface area contributed by atoms with Gasteiger partial charge in [0, 0.05) is 11.4 Å². The van der Waals surface area contributed by atoms with E-state index in [2.05, 4.69) is 20.3 Å². The van der Waals surface area contributed by atoms with Gasteiger partial charge in [-0.3, -0.25) is 9.89 Å². The minimum absolute atomic E-state index is 0.128. The summed E-state index contributed by atoms with van der Waals surface area (Å²) in [5, 5.41) is 13.8. The van der Waals surface area contributed by atoms with Crippen LogP contribution in [0, 0.1) is 0 Å². The number of halogens is 1. The number of H-pyrrole nitrogens is 1. The van der Waals surface area contributed by atoms with E-state index in [4.69, 9.17) is 16.0 Å². The zero-order chi connectivity index (χ0) is 17.9. The first-order chi connectivity index (χ1) is 12.7. The molecule has 1 aromatic carbocycles. The standard InChI is InChI=1S/C17H14ClN5O2S/c18-12-5-3-11(4-6-12)13-8-14(15-2-1-7-25-15)23(22-13)16(24)9-26-17-19-10-20-21-17/h1-7,10,14H,8-9H2,(H,19,20,21)/t14-/m1/s1. The predicted octanol–water partition coefficient (Wildman–Crippen LogP) is 3.52. The molecule has 9 heteroatoms. The fourth-order valence-corrected chi connectivity index (χ4v) is 3.48. The Kier molecular flexibility index (Phi) is 4.77. The summed E-state index contributed by atoms with van der Waals surface area (Å²) in [7, 11) is 0. The molecule has 1 atom stereocenters. The maximum Gasteiger partial charge on any atom is 0.253 e. The number of hydrazone groups is 1. The highest BCUT2D eigenvalue weighted by atomic mass is 35.5. The Hall–Kier alpha value is -2.58. The van der Waals surface area contributed by atoms with Crippen LogP contribution in [0.3, 0.4) is 0 Å². The van der Waals surface area contributed by atoms with Gasteiger partial charge >= 0.3 is 0 Å². The molecule has 0 bridgehead atoms. The van der Waals surface area contributed by atoms with Crippen molar-refractivity contribution in [2.24, 2.45) is 5.10 Å². The second-order valence-corrected chi connectivity index (χ2v) is 7.01. The monoisotopic (exact) mass is 387 g/mol. The number of carbonyl (C=O) groups excluding carboxylic acids is 1. The van der Waals surface area contributed by atoms with Crippen molar-refractivity contribution in [1.29, 1.82) is 0 Å². The summed E-state index contributed by atoms with van der Waals surface area (Å²) in [4.78, 5) is 16.8. The lowest BCUT2D eigenvalue weighted by Gasteiger charge is -2.19. The van der Waals surface area contributed by atoms with Gasteiger partial charge in [-0.25, -0.2) is 9.99 Å². The lowest BCUT2D eigenvalue weighted by molar-refractivity contribution is -0.130. The van der Waals surface area contributed by atoms with Crippen molar-refractivity contribution >= 4 is 35.0 Å². The third kappa shape index (κ3) is 3.51. The van der Waals surface area contributed by atoms with Crippen molar-refractivity contribution in [2.75, 3.05) is 5.75 Å². The number of hydrogen-bond donors (Lipinski definition) is 1. The molecular weight excluding hydrogens is 374 g/mol. The normalized spacial score (nSPS) is 16.7. The number of nitrogens with zero attached hydrogens (tertiary/aromatic N) is 4. The molecule has 4 rings (SSSR count). The number of carbonyl (C=O) groups is 1. The smallest absolute Gasteiger partial charge is 0.253 e. The fraction of sp³-hybridized carbons (Fsp3) is 0.176. The zero-order valence-corrected chi connectivity index (χ0v) is 15.1. The maximum absolute atomic E-state index is 12.8. The van der Waals surface area contributed by atoms with Crippen molar-refractivity contribution < 1.29 is 9.21 Å². The van der Waals surface area contributed by atoms with Crippen molar-refractivity contribution in [1.82, 2.24) is 20.2 Å². The zero-order valence-electron chi connectivity index (χ0n) is 13.5. The Morgan fingerprint density at radius 3 is 2.88 bits per heavy atom. The number of aromatic nitrogens is 3. The van der Waals surface area contributed by atoms with E-state index in [1.807, 2.05) is 36.4 Å². The van der Waals surface area contributed by atoms with Crippen LogP contribution in [0.1, 0.15) is 23.8 Å². The van der Waals surface area contributed by atoms with Gasteiger partial charge in [-0.1, -0.05) is 35.5 Å². The number of amides is 1. The van der Waals surface area contributed by atoms with E-state index >= 15 is 0 Å². The van der Waals surface area contributed by atoms with Crippen LogP contribution in [0.5, 0.6) is 0 Å². The van der Waals surface area contributed by atoms with Crippen LogP contribution >= 0.6 is 23.4 Å². The largest absolute Gasteiger partial charge is 0.467 e. The van der Waals surface area contributed by atoms with E-state index in [0.717, 1.165) is 11.3 Å². The average molecular weight is 388 g/mol. The average Bonchev–Trinajstić information content (AvgIpc) is 3.41. The molecule has 0 saturated carbocycles. The van der Waals surface area contributed by atoms with Crippen LogP contribution in [-0.4, -0.2) is 37.6 Å². The summed E-state index contributed by atoms with van der Waals surface area (Å²) in [5.41, 5.74) is 1.75. The van der Waals surface area contributed by atoms with Crippen molar-refractivity contribution in [3.05, 3.63) is 65.3 Å². The van der Waals surface area contributed by atoms with Gasteiger partial charge in [-0.2, -0.15) is 10.2 Å². The van der Waals surface area contributed by atoms with Crippen molar-refractivity contribution in [2.45, 2.75) is 17.6 Å². The lowest BCUT2D eigenvalue weighted by atomic mass is 10.0. The van der Waals surface area contributed by atoms with Gasteiger partial charge in [-0.05, 0) is 29.8 Å². The molecule has 26 heavy (non-hydrogen) atoms. The SMILES string of the molecule is O=C(CSc1ncn[nH]1)N1N=C(c2ccc(Cl)cc2)C[C@@H]1c1ccco1. The van der Waals surface area contributed by atoms with Crippen molar-refractivity contribution in [3.63, 3.8) is 0 Å². The summed E-state index contributed by atoms with van der Waals surface area (Å²) in [6.07, 6.45) is 3.58. The second kappa shape index (κ2) is 7.35. The lowest BCUT2D eigenvalue weighted by Crippen LogP contribution is -2.28. The minimum atomic E-state index is -0.265. The molecule has 0 spiro atoms. The number of nitrogens with one attached hydrogen (secondary N) is 1. The van der Waals surface area contributed by atoms with E-state index in [-0.39, 0.29) is 17.7 Å². The first-order valence-corrected chi connectivity index (χ1v) is 9.24. The van der Waals surface area contributed by atoms with Gasteiger partial charge in [0.05, 0.1) is 17.7 Å². The highest BCUT2D eigenvalue weighted by Crippen LogP contribution is 2.34. The first kappa shape index (κ1) is 16.9. The molecule has 3 heterocycles. The maximum atomic E-state index is 12.8. The fourth-order valence-electron chi connectivity index (χ4n) is 2.72. The molecule has 0 fully saturated rings. The molecule has 1 aliphatic heterocycles. The third-order valence-electron chi connectivity index (χ3n) is 3.94. The van der Waals surface area contributed by atoms with Crippen LogP contribution in [0.4, 0.5) is 0 Å². The highest BCUT2D eigenvalue weighted by molar-refractivity contribution is 7.99.